The van der Waals surface area contributed by atoms with E-state index in [2.05, 4.69) is 34.3 Å². The van der Waals surface area contributed by atoms with Gasteiger partial charge in [0.15, 0.2) is 0 Å². The van der Waals surface area contributed by atoms with Crippen LogP contribution in [0.4, 0.5) is 5.95 Å². The molecule has 0 radical (unpaired) electrons. The lowest BCUT2D eigenvalue weighted by atomic mass is 10.4. The molecule has 1 N–H and O–H groups in total. The highest BCUT2D eigenvalue weighted by atomic mass is 32.1. The molecule has 0 aromatic carbocycles. The Hall–Kier alpha value is -1.42. The van der Waals surface area contributed by atoms with Crippen LogP contribution in [0.5, 0.6) is 0 Å². The lowest BCUT2D eigenvalue weighted by Gasteiger charge is -2.00. The zero-order valence-corrected chi connectivity index (χ0v) is 8.71. The van der Waals surface area contributed by atoms with Crippen LogP contribution in [-0.4, -0.2) is 9.97 Å². The zero-order valence-electron chi connectivity index (χ0n) is 7.90. The third-order valence-corrected chi connectivity index (χ3v) is 2.78. The molecule has 0 fully saturated rings. The first kappa shape index (κ1) is 9.15. The molecule has 0 aliphatic carbocycles. The summed E-state index contributed by atoms with van der Waals surface area (Å²) in [6.45, 7) is 2.90. The van der Waals surface area contributed by atoms with Crippen LogP contribution in [0.1, 0.15) is 9.75 Å². The zero-order chi connectivity index (χ0) is 9.80. The number of thiophene rings is 1. The first-order valence-corrected chi connectivity index (χ1v) is 5.22. The molecule has 0 bridgehead atoms. The van der Waals surface area contributed by atoms with Crippen molar-refractivity contribution in [2.75, 3.05) is 5.32 Å². The summed E-state index contributed by atoms with van der Waals surface area (Å²) in [7, 11) is 0. The van der Waals surface area contributed by atoms with E-state index < -0.39 is 0 Å². The minimum absolute atomic E-state index is 0.679. The Balaban J connectivity index is 1.95. The van der Waals surface area contributed by atoms with Crippen LogP contribution in [0, 0.1) is 6.92 Å². The second-order valence-corrected chi connectivity index (χ2v) is 4.31. The molecule has 4 heteroatoms. The maximum atomic E-state index is 4.08. The van der Waals surface area contributed by atoms with Gasteiger partial charge in [-0.15, -0.1) is 11.3 Å². The minimum Gasteiger partial charge on any atom is -0.349 e. The smallest absolute Gasteiger partial charge is 0.222 e. The molecule has 0 saturated heterocycles. The average Bonchev–Trinajstić information content (AvgIpc) is 2.63. The van der Waals surface area contributed by atoms with Gasteiger partial charge in [0, 0.05) is 22.1 Å². The number of anilines is 1. The summed E-state index contributed by atoms with van der Waals surface area (Å²) in [5, 5.41) is 3.16. The normalized spacial score (nSPS) is 10.1. The summed E-state index contributed by atoms with van der Waals surface area (Å²) in [6.07, 6.45) is 3.46. The lowest BCUT2D eigenvalue weighted by Crippen LogP contribution is -2.00. The molecule has 72 valence electrons. The highest BCUT2D eigenvalue weighted by Gasteiger charge is 1.97. The number of aryl methyl sites for hydroxylation is 1. The van der Waals surface area contributed by atoms with Gasteiger partial charge >= 0.3 is 0 Å². The largest absolute Gasteiger partial charge is 0.349 e. The summed E-state index contributed by atoms with van der Waals surface area (Å²) >= 11 is 1.79. The molecule has 0 unspecified atom stereocenters. The van der Waals surface area contributed by atoms with Crippen molar-refractivity contribution >= 4 is 17.3 Å². The molecule has 3 nitrogen and oxygen atoms in total. The third kappa shape index (κ3) is 2.29. The van der Waals surface area contributed by atoms with Gasteiger partial charge in [-0.05, 0) is 25.1 Å². The van der Waals surface area contributed by atoms with Crippen LogP contribution in [0.15, 0.2) is 30.6 Å². The number of rotatable bonds is 3. The summed E-state index contributed by atoms with van der Waals surface area (Å²) < 4.78 is 0. The van der Waals surface area contributed by atoms with E-state index in [9.17, 15) is 0 Å². The SMILES string of the molecule is Cc1ccc(CNc2ncccn2)s1. The van der Waals surface area contributed by atoms with Crippen molar-refractivity contribution in [3.63, 3.8) is 0 Å². The van der Waals surface area contributed by atoms with Gasteiger partial charge in [-0.2, -0.15) is 0 Å². The fourth-order valence-corrected chi connectivity index (χ4v) is 1.97. The standard InChI is InChI=1S/C10H11N3S/c1-8-3-4-9(14-8)7-13-10-11-5-2-6-12-10/h2-6H,7H2,1H3,(H,11,12,13). The number of hydrogen-bond donors (Lipinski definition) is 1. The van der Waals surface area contributed by atoms with Crippen LogP contribution in [0.2, 0.25) is 0 Å². The van der Waals surface area contributed by atoms with Gasteiger partial charge in [0.25, 0.3) is 0 Å². The predicted molar refractivity (Wildman–Crippen MR) is 58.4 cm³/mol. The van der Waals surface area contributed by atoms with E-state index in [0.29, 0.717) is 5.95 Å². The van der Waals surface area contributed by atoms with Crippen molar-refractivity contribution in [3.05, 3.63) is 40.3 Å². The highest BCUT2D eigenvalue weighted by Crippen LogP contribution is 2.15. The Morgan fingerprint density at radius 1 is 1.29 bits per heavy atom. The van der Waals surface area contributed by atoms with Crippen LogP contribution in [0.25, 0.3) is 0 Å². The predicted octanol–water partition coefficient (Wildman–Crippen LogP) is 2.46. The van der Waals surface area contributed by atoms with Gasteiger partial charge in [0.1, 0.15) is 0 Å². The molecule has 2 heterocycles. The molecule has 14 heavy (non-hydrogen) atoms. The second-order valence-electron chi connectivity index (χ2n) is 2.94. The summed E-state index contributed by atoms with van der Waals surface area (Å²) in [4.78, 5) is 10.8. The first-order valence-electron chi connectivity index (χ1n) is 4.41. The molecule has 0 spiro atoms. The molecule has 2 aromatic rings. The summed E-state index contributed by atoms with van der Waals surface area (Å²) in [6, 6.07) is 6.05. The average molecular weight is 205 g/mol. The maximum absolute atomic E-state index is 4.08. The van der Waals surface area contributed by atoms with Crippen LogP contribution >= 0.6 is 11.3 Å². The van der Waals surface area contributed by atoms with Gasteiger partial charge in [0.2, 0.25) is 5.95 Å². The Labute approximate surface area is 86.8 Å². The molecule has 0 amide bonds. The molecular formula is C10H11N3S. The topological polar surface area (TPSA) is 37.8 Å². The van der Waals surface area contributed by atoms with Crippen molar-refractivity contribution < 1.29 is 0 Å². The van der Waals surface area contributed by atoms with E-state index in [4.69, 9.17) is 0 Å². The maximum Gasteiger partial charge on any atom is 0.222 e. The monoisotopic (exact) mass is 205 g/mol. The van der Waals surface area contributed by atoms with Gasteiger partial charge in [-0.1, -0.05) is 0 Å². The summed E-state index contributed by atoms with van der Waals surface area (Å²) in [5.74, 6) is 0.679. The van der Waals surface area contributed by atoms with E-state index in [1.807, 2.05) is 0 Å². The lowest BCUT2D eigenvalue weighted by molar-refractivity contribution is 1.07. The van der Waals surface area contributed by atoms with Gasteiger partial charge in [-0.25, -0.2) is 9.97 Å². The number of hydrogen-bond acceptors (Lipinski definition) is 4. The quantitative estimate of drug-likeness (QED) is 0.836. The van der Waals surface area contributed by atoms with E-state index >= 15 is 0 Å². The van der Waals surface area contributed by atoms with E-state index in [1.165, 1.54) is 9.75 Å². The first-order chi connectivity index (χ1) is 6.84. The van der Waals surface area contributed by atoms with Crippen LogP contribution in [0.3, 0.4) is 0 Å². The molecule has 0 saturated carbocycles. The Morgan fingerprint density at radius 3 is 2.71 bits per heavy atom. The van der Waals surface area contributed by atoms with Gasteiger partial charge in [0.05, 0.1) is 6.54 Å². The number of nitrogens with one attached hydrogen (secondary N) is 1. The van der Waals surface area contributed by atoms with Crippen LogP contribution in [-0.2, 0) is 6.54 Å². The molecule has 2 aromatic heterocycles. The minimum atomic E-state index is 0.679. The van der Waals surface area contributed by atoms with Crippen molar-refractivity contribution in [1.82, 2.24) is 9.97 Å². The molecule has 0 atom stereocenters. The number of aromatic nitrogens is 2. The van der Waals surface area contributed by atoms with Crippen molar-refractivity contribution in [3.8, 4) is 0 Å². The summed E-state index contributed by atoms with van der Waals surface area (Å²) in [5.41, 5.74) is 0. The molecule has 0 aliphatic rings. The third-order valence-electron chi connectivity index (χ3n) is 1.78. The molecule has 2 rings (SSSR count). The van der Waals surface area contributed by atoms with E-state index in [1.54, 1.807) is 29.8 Å². The van der Waals surface area contributed by atoms with E-state index in [-0.39, 0.29) is 0 Å². The van der Waals surface area contributed by atoms with Crippen molar-refractivity contribution in [2.24, 2.45) is 0 Å². The van der Waals surface area contributed by atoms with Crippen LogP contribution < -0.4 is 5.32 Å². The highest BCUT2D eigenvalue weighted by molar-refractivity contribution is 7.11. The van der Waals surface area contributed by atoms with E-state index in [0.717, 1.165) is 6.54 Å². The van der Waals surface area contributed by atoms with Crippen molar-refractivity contribution in [1.29, 1.82) is 0 Å². The number of nitrogens with zero attached hydrogens (tertiary/aromatic N) is 2. The van der Waals surface area contributed by atoms with Gasteiger partial charge in [-0.3, -0.25) is 0 Å². The Bertz CT molecular complexity index is 397. The fourth-order valence-electron chi connectivity index (χ4n) is 1.14. The van der Waals surface area contributed by atoms with Gasteiger partial charge < -0.3 is 5.32 Å². The molecule has 0 aliphatic heterocycles. The molecular weight excluding hydrogens is 194 g/mol. The Morgan fingerprint density at radius 2 is 2.07 bits per heavy atom. The second kappa shape index (κ2) is 4.19. The Kier molecular flexibility index (Phi) is 2.74. The fraction of sp³-hybridized carbons (Fsp3) is 0.200. The van der Waals surface area contributed by atoms with Crippen molar-refractivity contribution in [2.45, 2.75) is 13.5 Å².